The van der Waals surface area contributed by atoms with Crippen molar-refractivity contribution in [3.05, 3.63) is 50.4 Å². The van der Waals surface area contributed by atoms with Crippen molar-refractivity contribution >= 4 is 27.5 Å². The van der Waals surface area contributed by atoms with Gasteiger partial charge in [0.05, 0.1) is 25.9 Å². The van der Waals surface area contributed by atoms with Gasteiger partial charge in [0.15, 0.2) is 11.5 Å². The zero-order valence-electron chi connectivity index (χ0n) is 18.6. The molecule has 1 aliphatic heterocycles. The van der Waals surface area contributed by atoms with Gasteiger partial charge in [0.1, 0.15) is 11.4 Å². The Bertz CT molecular complexity index is 1260. The van der Waals surface area contributed by atoms with Gasteiger partial charge >= 0.3 is 0 Å². The number of ether oxygens (including phenoxy) is 2. The molecule has 1 atom stereocenters. The lowest BCUT2D eigenvalue weighted by Gasteiger charge is -2.29. The van der Waals surface area contributed by atoms with Crippen LogP contribution >= 0.6 is 11.3 Å². The lowest BCUT2D eigenvalue weighted by Crippen LogP contribution is -2.39. The fourth-order valence-corrected chi connectivity index (χ4v) is 6.16. The number of carbonyl (C=O) groups is 1. The van der Waals surface area contributed by atoms with Crippen molar-refractivity contribution < 1.29 is 14.3 Å². The normalized spacial score (nSPS) is 17.7. The molecule has 2 aromatic heterocycles. The van der Waals surface area contributed by atoms with E-state index in [0.29, 0.717) is 35.9 Å². The van der Waals surface area contributed by atoms with E-state index >= 15 is 0 Å². The van der Waals surface area contributed by atoms with Gasteiger partial charge in [0.2, 0.25) is 5.91 Å². The minimum absolute atomic E-state index is 0.00538. The summed E-state index contributed by atoms with van der Waals surface area (Å²) in [7, 11) is 3.23. The van der Waals surface area contributed by atoms with Crippen molar-refractivity contribution in [2.75, 3.05) is 20.8 Å². The molecule has 8 heteroatoms. The standard InChI is InChI=1S/C24H27N3O4S/c1-14-4-5-17-20(8-14)32-23-22(17)24(29)27(13-25-23)12-21(28)26-7-6-15-9-18(30-2)19(31-3)10-16(15)11-26/h9-10,13-14H,4-8,11-12H2,1-3H3. The van der Waals surface area contributed by atoms with Gasteiger partial charge in [0, 0.05) is 18.0 Å². The Morgan fingerprint density at radius 1 is 1.19 bits per heavy atom. The number of aryl methyl sites for hydroxylation is 1. The summed E-state index contributed by atoms with van der Waals surface area (Å²) >= 11 is 1.63. The monoisotopic (exact) mass is 453 g/mol. The average molecular weight is 454 g/mol. The van der Waals surface area contributed by atoms with Crippen LogP contribution in [-0.2, 0) is 37.1 Å². The van der Waals surface area contributed by atoms with Crippen molar-refractivity contribution in [1.82, 2.24) is 14.5 Å². The second-order valence-corrected chi connectivity index (χ2v) is 9.83. The molecule has 1 aromatic carbocycles. The summed E-state index contributed by atoms with van der Waals surface area (Å²) in [6.45, 7) is 3.35. The topological polar surface area (TPSA) is 73.7 Å². The van der Waals surface area contributed by atoms with E-state index in [2.05, 4.69) is 11.9 Å². The Kier molecular flexibility index (Phi) is 5.41. The molecule has 0 radical (unpaired) electrons. The third-order valence-electron chi connectivity index (χ3n) is 6.66. The van der Waals surface area contributed by atoms with E-state index in [4.69, 9.17) is 9.47 Å². The molecular formula is C24H27N3O4S. The zero-order chi connectivity index (χ0) is 22.4. The van der Waals surface area contributed by atoms with Gasteiger partial charge in [-0.15, -0.1) is 11.3 Å². The molecule has 3 aromatic rings. The number of nitrogens with zero attached hydrogens (tertiary/aromatic N) is 3. The van der Waals surface area contributed by atoms with E-state index < -0.39 is 0 Å². The number of amides is 1. The van der Waals surface area contributed by atoms with Gasteiger partial charge in [-0.25, -0.2) is 4.98 Å². The van der Waals surface area contributed by atoms with Gasteiger partial charge < -0.3 is 14.4 Å². The van der Waals surface area contributed by atoms with E-state index in [9.17, 15) is 9.59 Å². The van der Waals surface area contributed by atoms with E-state index in [1.807, 2.05) is 12.1 Å². The number of rotatable bonds is 4. The number of benzene rings is 1. The Labute approximate surface area is 190 Å². The zero-order valence-corrected chi connectivity index (χ0v) is 19.5. The quantitative estimate of drug-likeness (QED) is 0.607. The minimum Gasteiger partial charge on any atom is -0.493 e. The maximum Gasteiger partial charge on any atom is 0.262 e. The second-order valence-electron chi connectivity index (χ2n) is 8.75. The Morgan fingerprint density at radius 2 is 1.94 bits per heavy atom. The third kappa shape index (κ3) is 3.56. The molecule has 7 nitrogen and oxygen atoms in total. The lowest BCUT2D eigenvalue weighted by atomic mass is 9.89. The van der Waals surface area contributed by atoms with Gasteiger partial charge in [-0.2, -0.15) is 0 Å². The Hall–Kier alpha value is -2.87. The van der Waals surface area contributed by atoms with Gasteiger partial charge in [-0.1, -0.05) is 6.92 Å². The summed E-state index contributed by atoms with van der Waals surface area (Å²) in [5.41, 5.74) is 3.25. The molecule has 0 N–H and O–H groups in total. The van der Waals surface area contributed by atoms with Crippen molar-refractivity contribution in [2.45, 2.75) is 45.7 Å². The van der Waals surface area contributed by atoms with Gasteiger partial charge in [-0.3, -0.25) is 14.2 Å². The maximum absolute atomic E-state index is 13.2. The molecule has 0 fully saturated rings. The van der Waals surface area contributed by atoms with Crippen LogP contribution in [-0.4, -0.2) is 41.1 Å². The molecule has 168 valence electrons. The predicted molar refractivity (Wildman–Crippen MR) is 124 cm³/mol. The largest absolute Gasteiger partial charge is 0.493 e. The smallest absolute Gasteiger partial charge is 0.262 e. The number of hydrogen-bond donors (Lipinski definition) is 0. The van der Waals surface area contributed by atoms with E-state index in [-0.39, 0.29) is 18.0 Å². The summed E-state index contributed by atoms with van der Waals surface area (Å²) < 4.78 is 12.3. The average Bonchev–Trinajstić information content (AvgIpc) is 3.17. The number of hydrogen-bond acceptors (Lipinski definition) is 6. The van der Waals surface area contributed by atoms with E-state index in [1.165, 1.54) is 15.8 Å². The number of carbonyl (C=O) groups excluding carboxylic acids is 1. The maximum atomic E-state index is 13.2. The summed E-state index contributed by atoms with van der Waals surface area (Å²) in [5.74, 6) is 1.92. The first kappa shape index (κ1) is 21.0. The molecule has 0 saturated carbocycles. The van der Waals surface area contributed by atoms with Crippen molar-refractivity contribution in [3.8, 4) is 11.5 Å². The molecule has 2 aliphatic rings. The van der Waals surface area contributed by atoms with Crippen molar-refractivity contribution in [2.24, 2.45) is 5.92 Å². The molecule has 0 saturated heterocycles. The number of methoxy groups -OCH3 is 2. The SMILES string of the molecule is COc1cc2c(cc1OC)CN(C(=O)Cn1cnc3sc4c(c3c1=O)CCC(C)C4)CC2. The van der Waals surface area contributed by atoms with Crippen LogP contribution in [0.2, 0.25) is 0 Å². The first-order chi connectivity index (χ1) is 15.5. The summed E-state index contributed by atoms with van der Waals surface area (Å²) in [6.07, 6.45) is 5.28. The highest BCUT2D eigenvalue weighted by molar-refractivity contribution is 7.18. The summed E-state index contributed by atoms with van der Waals surface area (Å²) in [6, 6.07) is 3.92. The lowest BCUT2D eigenvalue weighted by molar-refractivity contribution is -0.132. The minimum atomic E-state index is -0.0979. The van der Waals surface area contributed by atoms with E-state index in [1.54, 1.807) is 30.5 Å². The van der Waals surface area contributed by atoms with Gasteiger partial charge in [0.25, 0.3) is 5.56 Å². The molecule has 3 heterocycles. The number of thiophene rings is 1. The van der Waals surface area contributed by atoms with Crippen molar-refractivity contribution in [3.63, 3.8) is 0 Å². The molecule has 0 bridgehead atoms. The first-order valence-electron chi connectivity index (χ1n) is 11.0. The number of aromatic nitrogens is 2. The highest BCUT2D eigenvalue weighted by Crippen LogP contribution is 2.36. The molecule has 5 rings (SSSR count). The van der Waals surface area contributed by atoms with Crippen LogP contribution in [0.3, 0.4) is 0 Å². The molecule has 1 amide bonds. The molecule has 1 aliphatic carbocycles. The first-order valence-corrected chi connectivity index (χ1v) is 11.8. The van der Waals surface area contributed by atoms with Gasteiger partial charge in [-0.05, 0) is 60.4 Å². The molecule has 1 unspecified atom stereocenters. The fraction of sp³-hybridized carbons (Fsp3) is 0.458. The highest BCUT2D eigenvalue weighted by atomic mass is 32.1. The summed E-state index contributed by atoms with van der Waals surface area (Å²) in [4.78, 5) is 34.7. The van der Waals surface area contributed by atoms with Crippen LogP contribution in [0.25, 0.3) is 10.2 Å². The van der Waals surface area contributed by atoms with Crippen LogP contribution in [0.15, 0.2) is 23.3 Å². The van der Waals surface area contributed by atoms with Crippen LogP contribution in [0.4, 0.5) is 0 Å². The van der Waals surface area contributed by atoms with E-state index in [0.717, 1.165) is 47.2 Å². The van der Waals surface area contributed by atoms with Crippen LogP contribution in [0.5, 0.6) is 11.5 Å². The highest BCUT2D eigenvalue weighted by Gasteiger charge is 2.26. The van der Waals surface area contributed by atoms with Crippen LogP contribution in [0.1, 0.15) is 34.9 Å². The molecule has 32 heavy (non-hydrogen) atoms. The fourth-order valence-electron chi connectivity index (χ4n) is 4.82. The Balaban J connectivity index is 1.39. The predicted octanol–water partition coefficient (Wildman–Crippen LogP) is 3.18. The molecular weight excluding hydrogens is 426 g/mol. The Morgan fingerprint density at radius 3 is 2.69 bits per heavy atom. The van der Waals surface area contributed by atoms with Crippen molar-refractivity contribution in [1.29, 1.82) is 0 Å². The number of fused-ring (bicyclic) bond motifs is 4. The summed E-state index contributed by atoms with van der Waals surface area (Å²) in [5, 5.41) is 0.716. The van der Waals surface area contributed by atoms with Crippen LogP contribution < -0.4 is 15.0 Å². The third-order valence-corrected chi connectivity index (χ3v) is 7.82. The molecule has 0 spiro atoms. The second kappa shape index (κ2) is 8.24. The van der Waals surface area contributed by atoms with Crippen LogP contribution in [0, 0.1) is 5.92 Å².